The third-order valence-electron chi connectivity index (χ3n) is 9.15. The van der Waals surface area contributed by atoms with E-state index < -0.39 is 59.8 Å². The zero-order valence-corrected chi connectivity index (χ0v) is 25.4. The number of anilines is 2. The Labute approximate surface area is 268 Å². The molecule has 258 valence electrons. The van der Waals surface area contributed by atoms with Crippen LogP contribution in [-0.4, -0.2) is 38.5 Å². The normalized spacial score (nSPS) is 23.8. The van der Waals surface area contributed by atoms with Gasteiger partial charge in [-0.15, -0.1) is 18.3 Å². The monoisotopic (exact) mass is 688 g/mol. The molecule has 0 saturated heterocycles. The number of carbonyl (C=O) groups is 1. The second-order valence-electron chi connectivity index (χ2n) is 12.3. The Morgan fingerprint density at radius 1 is 0.938 bits per heavy atom. The van der Waals surface area contributed by atoms with E-state index in [9.17, 15) is 44.3 Å². The number of hydrogen-bond donors (Lipinski definition) is 0. The average Bonchev–Trinajstić information content (AvgIpc) is 3.75. The molecule has 8 nitrogen and oxygen atoms in total. The molecule has 0 radical (unpaired) electrons. The van der Waals surface area contributed by atoms with Gasteiger partial charge in [-0.05, 0) is 84.7 Å². The SMILES string of the molecule is CC[C@@H]1C[C@H](N(Cc2cc(C(F)(F)F)cc(C(F)(F)F)c2)c2nnn(C)n2)c2cc(OC(F)(F)F)ccc2N1C(=O)C1CC2C=CC1C2. The summed E-state index contributed by atoms with van der Waals surface area (Å²) in [6.07, 6.45) is -9.40. The molecule has 1 aliphatic heterocycles. The van der Waals surface area contributed by atoms with Crippen molar-refractivity contribution < 1.29 is 49.0 Å². The number of nitrogens with zero attached hydrogens (tertiary/aromatic N) is 6. The Hall–Kier alpha value is -4.31. The maximum atomic E-state index is 14.2. The van der Waals surface area contributed by atoms with Crippen LogP contribution in [0.4, 0.5) is 51.1 Å². The second kappa shape index (κ2) is 12.0. The summed E-state index contributed by atoms with van der Waals surface area (Å²) in [7, 11) is 1.39. The highest BCUT2D eigenvalue weighted by Crippen LogP contribution is 2.49. The lowest BCUT2D eigenvalue weighted by molar-refractivity contribution is -0.274. The summed E-state index contributed by atoms with van der Waals surface area (Å²) < 4.78 is 127. The van der Waals surface area contributed by atoms with E-state index in [1.807, 2.05) is 13.0 Å². The largest absolute Gasteiger partial charge is 0.573 e. The van der Waals surface area contributed by atoms with E-state index in [4.69, 9.17) is 0 Å². The number of aryl methyl sites for hydroxylation is 1. The summed E-state index contributed by atoms with van der Waals surface area (Å²) in [6.45, 7) is 1.19. The van der Waals surface area contributed by atoms with Gasteiger partial charge in [-0.2, -0.15) is 31.1 Å². The number of aromatic nitrogens is 4. The molecule has 48 heavy (non-hydrogen) atoms. The average molecular weight is 689 g/mol. The highest BCUT2D eigenvalue weighted by molar-refractivity contribution is 5.98. The smallest absolute Gasteiger partial charge is 0.406 e. The molecule has 3 aliphatic rings. The number of carbonyl (C=O) groups excluding carboxylic acids is 1. The molecule has 17 heteroatoms. The van der Waals surface area contributed by atoms with Crippen LogP contribution in [0.5, 0.6) is 5.75 Å². The van der Waals surface area contributed by atoms with E-state index in [2.05, 4.69) is 26.2 Å². The Balaban J connectivity index is 1.48. The number of rotatable bonds is 7. The van der Waals surface area contributed by atoms with E-state index >= 15 is 0 Å². The van der Waals surface area contributed by atoms with Crippen molar-refractivity contribution in [3.05, 3.63) is 70.8 Å². The van der Waals surface area contributed by atoms with Crippen molar-refractivity contribution in [2.24, 2.45) is 24.8 Å². The molecule has 0 spiro atoms. The van der Waals surface area contributed by atoms with Crippen molar-refractivity contribution in [1.82, 2.24) is 20.2 Å². The van der Waals surface area contributed by atoms with Crippen LogP contribution in [0.2, 0.25) is 0 Å². The molecule has 3 unspecified atom stereocenters. The van der Waals surface area contributed by atoms with Crippen LogP contribution >= 0.6 is 0 Å². The zero-order chi connectivity index (χ0) is 34.8. The molecule has 2 heterocycles. The Morgan fingerprint density at radius 2 is 1.62 bits per heavy atom. The second-order valence-corrected chi connectivity index (χ2v) is 12.3. The van der Waals surface area contributed by atoms with Crippen LogP contribution < -0.4 is 14.5 Å². The summed E-state index contributed by atoms with van der Waals surface area (Å²) in [6, 6.07) is 3.04. The van der Waals surface area contributed by atoms with Crippen molar-refractivity contribution in [1.29, 1.82) is 0 Å². The molecule has 1 saturated carbocycles. The molecular formula is C31H29F9N6O2. The van der Waals surface area contributed by atoms with Crippen LogP contribution in [-0.2, 0) is 30.7 Å². The first-order valence-electron chi connectivity index (χ1n) is 15.1. The fourth-order valence-corrected chi connectivity index (χ4v) is 7.11. The lowest BCUT2D eigenvalue weighted by Crippen LogP contribution is -2.50. The lowest BCUT2D eigenvalue weighted by atomic mass is 9.85. The van der Waals surface area contributed by atoms with E-state index in [1.165, 1.54) is 18.0 Å². The van der Waals surface area contributed by atoms with Gasteiger partial charge in [0.1, 0.15) is 5.75 Å². The summed E-state index contributed by atoms with van der Waals surface area (Å²) in [5.41, 5.74) is -3.10. The third-order valence-corrected chi connectivity index (χ3v) is 9.15. The van der Waals surface area contributed by atoms with Gasteiger partial charge in [-0.1, -0.05) is 24.2 Å². The quantitative estimate of drug-likeness (QED) is 0.188. The Bertz CT molecular complexity index is 1690. The molecule has 2 aliphatic carbocycles. The minimum atomic E-state index is -5.12. The number of amides is 1. The van der Waals surface area contributed by atoms with Crippen molar-refractivity contribution in [2.75, 3.05) is 9.80 Å². The molecule has 1 fully saturated rings. The number of alkyl halides is 9. The van der Waals surface area contributed by atoms with E-state index in [1.54, 1.807) is 4.90 Å². The minimum Gasteiger partial charge on any atom is -0.406 e. The summed E-state index contributed by atoms with van der Waals surface area (Å²) in [5.74, 6) is -1.13. The van der Waals surface area contributed by atoms with Gasteiger partial charge in [-0.25, -0.2) is 0 Å². The highest BCUT2D eigenvalue weighted by atomic mass is 19.4. The predicted octanol–water partition coefficient (Wildman–Crippen LogP) is 7.62. The zero-order valence-electron chi connectivity index (χ0n) is 25.4. The molecule has 1 amide bonds. The number of tetrazole rings is 1. The summed E-state index contributed by atoms with van der Waals surface area (Å²) >= 11 is 0. The summed E-state index contributed by atoms with van der Waals surface area (Å²) in [5, 5.41) is 11.9. The molecular weight excluding hydrogens is 659 g/mol. The van der Waals surface area contributed by atoms with Gasteiger partial charge >= 0.3 is 18.7 Å². The minimum absolute atomic E-state index is 0.00650. The molecule has 2 bridgehead atoms. The topological polar surface area (TPSA) is 76.4 Å². The van der Waals surface area contributed by atoms with Gasteiger partial charge in [0.15, 0.2) is 0 Å². The standard InChI is InChI=1S/C31H29F9N6O2/c1-3-21-13-26(45(28-41-43-44(2)42-28)15-17-9-19(29(32,33)34)12-20(10-17)30(35,36)37)24-14-22(48-31(38,39)40)6-7-25(24)46(21)27(47)23-11-16-4-5-18(23)8-16/h4-7,9-10,12,14,16,18,21,23,26H,3,8,11,13,15H2,1-2H3/t16?,18?,21-,23?,26+/m1/s1. The fourth-order valence-electron chi connectivity index (χ4n) is 7.11. The fraction of sp³-hybridized carbons (Fsp3) is 0.484. The number of fused-ring (bicyclic) bond motifs is 3. The maximum absolute atomic E-state index is 14.2. The van der Waals surface area contributed by atoms with Crippen LogP contribution in [0, 0.1) is 17.8 Å². The molecule has 6 rings (SSSR count). The van der Waals surface area contributed by atoms with E-state index in [-0.39, 0.29) is 53.3 Å². The number of benzene rings is 2. The molecule has 5 atom stereocenters. The lowest BCUT2D eigenvalue weighted by Gasteiger charge is -2.45. The van der Waals surface area contributed by atoms with Gasteiger partial charge < -0.3 is 14.5 Å². The number of hydrogen-bond acceptors (Lipinski definition) is 6. The molecule has 1 aromatic heterocycles. The van der Waals surface area contributed by atoms with Crippen LogP contribution in [0.3, 0.4) is 0 Å². The Morgan fingerprint density at radius 3 is 2.15 bits per heavy atom. The van der Waals surface area contributed by atoms with Crippen molar-refractivity contribution in [2.45, 2.75) is 70.0 Å². The molecule has 0 N–H and O–H groups in total. The van der Waals surface area contributed by atoms with Crippen molar-refractivity contribution in [3.8, 4) is 5.75 Å². The maximum Gasteiger partial charge on any atom is 0.573 e. The first-order valence-corrected chi connectivity index (χ1v) is 15.1. The van der Waals surface area contributed by atoms with Crippen molar-refractivity contribution >= 4 is 17.5 Å². The number of halogens is 9. The Kier molecular flexibility index (Phi) is 8.38. The van der Waals surface area contributed by atoms with Gasteiger partial charge in [0.25, 0.3) is 5.95 Å². The van der Waals surface area contributed by atoms with Gasteiger partial charge in [-0.3, -0.25) is 4.79 Å². The van der Waals surface area contributed by atoms with Crippen molar-refractivity contribution in [3.63, 3.8) is 0 Å². The predicted molar refractivity (Wildman–Crippen MR) is 152 cm³/mol. The number of ether oxygens (including phenoxy) is 1. The molecule has 2 aromatic carbocycles. The van der Waals surface area contributed by atoms with Gasteiger partial charge in [0.2, 0.25) is 5.91 Å². The van der Waals surface area contributed by atoms with Crippen LogP contribution in [0.1, 0.15) is 60.9 Å². The van der Waals surface area contributed by atoms with Gasteiger partial charge in [0.05, 0.1) is 24.2 Å². The van der Waals surface area contributed by atoms with E-state index in [0.29, 0.717) is 25.0 Å². The van der Waals surface area contributed by atoms with Crippen LogP contribution in [0.15, 0.2) is 48.6 Å². The third kappa shape index (κ3) is 6.67. The van der Waals surface area contributed by atoms with Crippen LogP contribution in [0.25, 0.3) is 0 Å². The first-order chi connectivity index (χ1) is 22.4. The molecule has 3 aromatic rings. The van der Waals surface area contributed by atoms with E-state index in [0.717, 1.165) is 23.4 Å². The number of allylic oxidation sites excluding steroid dienone is 2. The summed E-state index contributed by atoms with van der Waals surface area (Å²) in [4.78, 5) is 18.0. The first kappa shape index (κ1) is 33.6. The van der Waals surface area contributed by atoms with Gasteiger partial charge in [0, 0.05) is 29.8 Å². The highest BCUT2D eigenvalue weighted by Gasteiger charge is 2.47.